The van der Waals surface area contributed by atoms with Gasteiger partial charge in [0.25, 0.3) is 0 Å². The standard InChI is InChI=1S/C17H34N2O/c1-14(15-7-8-15)19(5)12-17(9-6-10-20-13-17)11-18-16(2,3)4/h14-15,18H,6-13H2,1-5H3. The Labute approximate surface area is 125 Å². The Morgan fingerprint density at radius 2 is 2.05 bits per heavy atom. The van der Waals surface area contributed by atoms with Gasteiger partial charge in [0, 0.05) is 36.7 Å². The Morgan fingerprint density at radius 3 is 2.55 bits per heavy atom. The van der Waals surface area contributed by atoms with Gasteiger partial charge in [-0.15, -0.1) is 0 Å². The lowest BCUT2D eigenvalue weighted by molar-refractivity contribution is -0.0310. The molecule has 0 aromatic carbocycles. The monoisotopic (exact) mass is 282 g/mol. The van der Waals surface area contributed by atoms with Crippen LogP contribution in [0.25, 0.3) is 0 Å². The van der Waals surface area contributed by atoms with Crippen molar-refractivity contribution in [1.82, 2.24) is 10.2 Å². The summed E-state index contributed by atoms with van der Waals surface area (Å²) < 4.78 is 5.84. The minimum Gasteiger partial charge on any atom is -0.381 e. The fraction of sp³-hybridized carbons (Fsp3) is 1.00. The van der Waals surface area contributed by atoms with Crippen LogP contribution in [-0.2, 0) is 4.74 Å². The van der Waals surface area contributed by atoms with Crippen molar-refractivity contribution < 1.29 is 4.74 Å². The van der Waals surface area contributed by atoms with Gasteiger partial charge in [-0.3, -0.25) is 0 Å². The van der Waals surface area contributed by atoms with Gasteiger partial charge in [-0.2, -0.15) is 0 Å². The average molecular weight is 282 g/mol. The van der Waals surface area contributed by atoms with Gasteiger partial charge in [-0.05, 0) is 66.3 Å². The molecule has 0 amide bonds. The van der Waals surface area contributed by atoms with E-state index in [0.717, 1.165) is 38.3 Å². The van der Waals surface area contributed by atoms with Crippen LogP contribution in [0.5, 0.6) is 0 Å². The summed E-state index contributed by atoms with van der Waals surface area (Å²) in [6.07, 6.45) is 5.35. The van der Waals surface area contributed by atoms with Gasteiger partial charge in [0.05, 0.1) is 6.61 Å². The molecule has 2 rings (SSSR count). The predicted octanol–water partition coefficient (Wildman–Crippen LogP) is 2.90. The lowest BCUT2D eigenvalue weighted by atomic mass is 9.80. The molecule has 1 N–H and O–H groups in total. The van der Waals surface area contributed by atoms with E-state index in [9.17, 15) is 0 Å². The summed E-state index contributed by atoms with van der Waals surface area (Å²) in [7, 11) is 2.30. The molecular formula is C17H34N2O. The largest absolute Gasteiger partial charge is 0.381 e. The van der Waals surface area contributed by atoms with Crippen molar-refractivity contribution in [3.8, 4) is 0 Å². The first-order valence-corrected chi connectivity index (χ1v) is 8.34. The maximum absolute atomic E-state index is 5.84. The number of hydrogen-bond acceptors (Lipinski definition) is 3. The molecule has 0 spiro atoms. The summed E-state index contributed by atoms with van der Waals surface area (Å²) >= 11 is 0. The zero-order valence-electron chi connectivity index (χ0n) is 14.2. The van der Waals surface area contributed by atoms with Crippen LogP contribution < -0.4 is 5.32 Å². The Hall–Kier alpha value is -0.120. The number of nitrogens with one attached hydrogen (secondary N) is 1. The van der Waals surface area contributed by atoms with E-state index >= 15 is 0 Å². The fourth-order valence-corrected chi connectivity index (χ4v) is 3.29. The van der Waals surface area contributed by atoms with Crippen LogP contribution >= 0.6 is 0 Å². The summed E-state index contributed by atoms with van der Waals surface area (Å²) in [5.74, 6) is 0.942. The number of nitrogens with zero attached hydrogens (tertiary/aromatic N) is 1. The topological polar surface area (TPSA) is 24.5 Å². The van der Waals surface area contributed by atoms with E-state index in [0.29, 0.717) is 5.41 Å². The average Bonchev–Trinajstić information content (AvgIpc) is 3.20. The Bertz CT molecular complexity index is 301. The van der Waals surface area contributed by atoms with E-state index in [1.54, 1.807) is 0 Å². The highest BCUT2D eigenvalue weighted by molar-refractivity contribution is 4.92. The molecule has 2 fully saturated rings. The van der Waals surface area contributed by atoms with Crippen molar-refractivity contribution in [2.24, 2.45) is 11.3 Å². The maximum Gasteiger partial charge on any atom is 0.0546 e. The quantitative estimate of drug-likeness (QED) is 0.811. The van der Waals surface area contributed by atoms with E-state index in [-0.39, 0.29) is 5.54 Å². The first-order valence-electron chi connectivity index (χ1n) is 8.34. The van der Waals surface area contributed by atoms with E-state index in [2.05, 4.69) is 45.0 Å². The van der Waals surface area contributed by atoms with Crippen LogP contribution in [0.15, 0.2) is 0 Å². The van der Waals surface area contributed by atoms with E-state index in [1.807, 2.05) is 0 Å². The second kappa shape index (κ2) is 6.33. The molecule has 3 heteroatoms. The van der Waals surface area contributed by atoms with Crippen molar-refractivity contribution in [2.45, 2.75) is 65.0 Å². The summed E-state index contributed by atoms with van der Waals surface area (Å²) in [5.41, 5.74) is 0.481. The molecule has 1 aliphatic carbocycles. The maximum atomic E-state index is 5.84. The van der Waals surface area contributed by atoms with Gasteiger partial charge in [0.1, 0.15) is 0 Å². The lowest BCUT2D eigenvalue weighted by Gasteiger charge is -2.43. The molecule has 1 saturated heterocycles. The highest BCUT2D eigenvalue weighted by Gasteiger charge is 2.38. The predicted molar refractivity (Wildman–Crippen MR) is 85.1 cm³/mol. The third kappa shape index (κ3) is 4.71. The molecule has 2 aliphatic rings. The normalized spacial score (nSPS) is 29.7. The SMILES string of the molecule is CC(C1CC1)N(C)CC1(CNC(C)(C)C)CCCOC1. The van der Waals surface area contributed by atoms with Gasteiger partial charge in [0.2, 0.25) is 0 Å². The first kappa shape index (κ1) is 16.3. The second-order valence-corrected chi connectivity index (χ2v) is 8.25. The molecule has 0 aromatic heterocycles. The molecule has 1 saturated carbocycles. The van der Waals surface area contributed by atoms with Gasteiger partial charge >= 0.3 is 0 Å². The minimum absolute atomic E-state index is 0.186. The smallest absolute Gasteiger partial charge is 0.0546 e. The zero-order valence-corrected chi connectivity index (χ0v) is 14.2. The van der Waals surface area contributed by atoms with Gasteiger partial charge in [-0.1, -0.05) is 0 Å². The second-order valence-electron chi connectivity index (χ2n) is 8.25. The summed E-state index contributed by atoms with van der Waals surface area (Å²) in [6.45, 7) is 13.2. The molecule has 2 atom stereocenters. The van der Waals surface area contributed by atoms with Crippen molar-refractivity contribution >= 4 is 0 Å². The molecule has 3 nitrogen and oxygen atoms in total. The summed E-state index contributed by atoms with van der Waals surface area (Å²) in [6, 6.07) is 0.725. The third-order valence-electron chi connectivity index (χ3n) is 4.98. The Kier molecular flexibility index (Phi) is 5.14. The van der Waals surface area contributed by atoms with E-state index in [4.69, 9.17) is 4.74 Å². The third-order valence-corrected chi connectivity index (χ3v) is 4.98. The molecule has 2 unspecified atom stereocenters. The number of ether oxygens (including phenoxy) is 1. The highest BCUT2D eigenvalue weighted by atomic mass is 16.5. The first-order chi connectivity index (χ1) is 9.31. The molecule has 1 heterocycles. The molecule has 20 heavy (non-hydrogen) atoms. The summed E-state index contributed by atoms with van der Waals surface area (Å²) in [5, 5.41) is 3.71. The highest BCUT2D eigenvalue weighted by Crippen LogP contribution is 2.37. The van der Waals surface area contributed by atoms with Gasteiger partial charge in [0.15, 0.2) is 0 Å². The fourth-order valence-electron chi connectivity index (χ4n) is 3.29. The molecule has 0 bridgehead atoms. The van der Waals surface area contributed by atoms with Crippen molar-refractivity contribution in [3.05, 3.63) is 0 Å². The Morgan fingerprint density at radius 1 is 1.35 bits per heavy atom. The van der Waals surface area contributed by atoms with Crippen LogP contribution in [0.4, 0.5) is 0 Å². The van der Waals surface area contributed by atoms with Crippen LogP contribution in [-0.4, -0.2) is 49.8 Å². The molecule has 118 valence electrons. The van der Waals surface area contributed by atoms with Crippen LogP contribution in [0, 0.1) is 11.3 Å². The van der Waals surface area contributed by atoms with Crippen LogP contribution in [0.3, 0.4) is 0 Å². The van der Waals surface area contributed by atoms with Crippen molar-refractivity contribution in [1.29, 1.82) is 0 Å². The van der Waals surface area contributed by atoms with E-state index < -0.39 is 0 Å². The van der Waals surface area contributed by atoms with E-state index in [1.165, 1.54) is 25.7 Å². The van der Waals surface area contributed by atoms with Crippen LogP contribution in [0.1, 0.15) is 53.4 Å². The lowest BCUT2D eigenvalue weighted by Crippen LogP contribution is -2.53. The molecule has 0 radical (unpaired) electrons. The number of rotatable bonds is 6. The Balaban J connectivity index is 1.94. The van der Waals surface area contributed by atoms with Gasteiger partial charge in [-0.25, -0.2) is 0 Å². The molecule has 0 aromatic rings. The number of hydrogen-bond donors (Lipinski definition) is 1. The molecule has 1 aliphatic heterocycles. The summed E-state index contributed by atoms with van der Waals surface area (Å²) in [4.78, 5) is 2.58. The van der Waals surface area contributed by atoms with Gasteiger partial charge < -0.3 is 15.0 Å². The van der Waals surface area contributed by atoms with Crippen molar-refractivity contribution in [3.63, 3.8) is 0 Å². The van der Waals surface area contributed by atoms with Crippen LogP contribution in [0.2, 0.25) is 0 Å². The molecular weight excluding hydrogens is 248 g/mol. The minimum atomic E-state index is 0.186. The zero-order chi connectivity index (χ0) is 14.8. The van der Waals surface area contributed by atoms with Crippen molar-refractivity contribution in [2.75, 3.05) is 33.4 Å².